The Labute approximate surface area is 247 Å². The number of furan rings is 1. The predicted octanol–water partition coefficient (Wildman–Crippen LogP) is 5.85. The van der Waals surface area contributed by atoms with Crippen molar-refractivity contribution in [2.75, 3.05) is 16.8 Å². The molecular weight excluding hydrogens is 544 g/mol. The SMILES string of the molecule is Cc1nc(N2C[C@@H](CC(=O)Nc3ccc(-c4cccc5c4cnn5C)c(C)c3)C[C@H]2C(=O)O)c2oc3ccccc3c2n1. The normalized spacial score (nSPS) is 16.9. The van der Waals surface area contributed by atoms with Crippen molar-refractivity contribution in [1.82, 2.24) is 19.7 Å². The Hall–Kier alpha value is -5.25. The molecule has 216 valence electrons. The number of aryl methyl sites for hydroxylation is 3. The summed E-state index contributed by atoms with van der Waals surface area (Å²) in [6.45, 7) is 4.17. The summed E-state index contributed by atoms with van der Waals surface area (Å²) >= 11 is 0. The average Bonchev–Trinajstić information content (AvgIpc) is 3.68. The Morgan fingerprint density at radius 3 is 2.67 bits per heavy atom. The fourth-order valence-electron chi connectivity index (χ4n) is 6.35. The molecule has 43 heavy (non-hydrogen) atoms. The Morgan fingerprint density at radius 1 is 1.02 bits per heavy atom. The first-order valence-corrected chi connectivity index (χ1v) is 14.2. The summed E-state index contributed by atoms with van der Waals surface area (Å²) in [5, 5.41) is 19.4. The molecule has 2 N–H and O–H groups in total. The van der Waals surface area contributed by atoms with Gasteiger partial charge in [-0.2, -0.15) is 5.10 Å². The van der Waals surface area contributed by atoms with Crippen LogP contribution < -0.4 is 10.2 Å². The fraction of sp³-hybridized carbons (Fsp3) is 0.242. The molecule has 1 saturated heterocycles. The number of nitrogens with one attached hydrogen (secondary N) is 1. The van der Waals surface area contributed by atoms with Crippen LogP contribution in [0.25, 0.3) is 44.1 Å². The molecule has 0 bridgehead atoms. The molecule has 6 aromatic rings. The number of hydrogen-bond acceptors (Lipinski definition) is 7. The second kappa shape index (κ2) is 10.2. The standard InChI is InChI=1S/C33H30N6O4/c1-18-13-21(11-12-22(18)23-8-6-9-26-25(23)16-34-38(26)3)37-29(40)15-20-14-27(33(41)42)39(17-20)32-31-30(35-19(2)36-32)24-7-4-5-10-28(24)43-31/h4-13,16,20,27H,14-15,17H2,1-3H3,(H,37,40)(H,41,42)/t20-,27+/m1/s1. The molecule has 1 fully saturated rings. The lowest BCUT2D eigenvalue weighted by molar-refractivity contribution is -0.138. The maximum absolute atomic E-state index is 13.2. The van der Waals surface area contributed by atoms with Gasteiger partial charge in [0.15, 0.2) is 11.4 Å². The van der Waals surface area contributed by atoms with E-state index < -0.39 is 12.0 Å². The van der Waals surface area contributed by atoms with Gasteiger partial charge in [0.25, 0.3) is 0 Å². The van der Waals surface area contributed by atoms with Crippen LogP contribution >= 0.6 is 0 Å². The van der Waals surface area contributed by atoms with Crippen molar-refractivity contribution in [3.63, 3.8) is 0 Å². The molecule has 1 amide bonds. The van der Waals surface area contributed by atoms with E-state index in [4.69, 9.17) is 4.42 Å². The van der Waals surface area contributed by atoms with E-state index in [2.05, 4.69) is 26.4 Å². The van der Waals surface area contributed by atoms with Crippen LogP contribution in [0.1, 0.15) is 24.2 Å². The number of aromatic nitrogens is 4. The quantitative estimate of drug-likeness (QED) is 0.254. The Kier molecular flexibility index (Phi) is 6.34. The zero-order chi connectivity index (χ0) is 29.8. The van der Waals surface area contributed by atoms with Crippen molar-refractivity contribution in [3.05, 3.63) is 78.2 Å². The molecule has 10 nitrogen and oxygen atoms in total. The number of carboxylic acid groups (broad SMARTS) is 1. The number of anilines is 2. The smallest absolute Gasteiger partial charge is 0.326 e. The van der Waals surface area contributed by atoms with Crippen molar-refractivity contribution in [2.45, 2.75) is 32.7 Å². The molecule has 0 saturated carbocycles. The summed E-state index contributed by atoms with van der Waals surface area (Å²) < 4.78 is 7.96. The van der Waals surface area contributed by atoms with Crippen molar-refractivity contribution < 1.29 is 19.1 Å². The molecule has 7 rings (SSSR count). The first-order valence-electron chi connectivity index (χ1n) is 14.2. The van der Waals surface area contributed by atoms with Gasteiger partial charge < -0.3 is 19.7 Å². The molecule has 1 aliphatic heterocycles. The molecule has 0 radical (unpaired) electrons. The third-order valence-electron chi connectivity index (χ3n) is 8.32. The first-order chi connectivity index (χ1) is 20.8. The van der Waals surface area contributed by atoms with Gasteiger partial charge in [-0.05, 0) is 73.2 Å². The minimum absolute atomic E-state index is 0.162. The van der Waals surface area contributed by atoms with Crippen LogP contribution in [-0.4, -0.2) is 49.3 Å². The number of carbonyl (C=O) groups excluding carboxylic acids is 1. The average molecular weight is 575 g/mol. The topological polar surface area (TPSA) is 126 Å². The Morgan fingerprint density at radius 2 is 1.86 bits per heavy atom. The van der Waals surface area contributed by atoms with Crippen molar-refractivity contribution in [2.24, 2.45) is 13.0 Å². The van der Waals surface area contributed by atoms with Gasteiger partial charge in [-0.1, -0.05) is 30.3 Å². The summed E-state index contributed by atoms with van der Waals surface area (Å²) in [6, 6.07) is 18.8. The third-order valence-corrected chi connectivity index (χ3v) is 8.32. The molecule has 0 spiro atoms. The molecular formula is C33H30N6O4. The minimum atomic E-state index is -0.960. The molecule has 0 aliphatic carbocycles. The van der Waals surface area contributed by atoms with Crippen LogP contribution in [0.2, 0.25) is 0 Å². The van der Waals surface area contributed by atoms with Crippen LogP contribution in [0.3, 0.4) is 0 Å². The molecule has 3 aromatic carbocycles. The lowest BCUT2D eigenvalue weighted by Gasteiger charge is -2.22. The van der Waals surface area contributed by atoms with E-state index in [0.29, 0.717) is 47.0 Å². The van der Waals surface area contributed by atoms with Crippen LogP contribution in [-0.2, 0) is 16.6 Å². The van der Waals surface area contributed by atoms with Gasteiger partial charge >= 0.3 is 5.97 Å². The minimum Gasteiger partial charge on any atom is -0.480 e. The lowest BCUT2D eigenvalue weighted by atomic mass is 9.97. The van der Waals surface area contributed by atoms with Crippen LogP contribution in [0.4, 0.5) is 11.5 Å². The van der Waals surface area contributed by atoms with E-state index in [1.165, 1.54) is 0 Å². The predicted molar refractivity (Wildman–Crippen MR) is 165 cm³/mol. The summed E-state index contributed by atoms with van der Waals surface area (Å²) in [6.07, 6.45) is 2.38. The lowest BCUT2D eigenvalue weighted by Crippen LogP contribution is -2.36. The second-order valence-corrected chi connectivity index (χ2v) is 11.3. The van der Waals surface area contributed by atoms with Crippen molar-refractivity contribution >= 4 is 56.4 Å². The molecule has 3 aromatic heterocycles. The van der Waals surface area contributed by atoms with Gasteiger partial charge in [-0.3, -0.25) is 9.48 Å². The van der Waals surface area contributed by atoms with E-state index in [1.54, 1.807) is 11.8 Å². The monoisotopic (exact) mass is 574 g/mol. The molecule has 4 heterocycles. The molecule has 10 heteroatoms. The van der Waals surface area contributed by atoms with Gasteiger partial charge in [-0.25, -0.2) is 14.8 Å². The van der Waals surface area contributed by atoms with E-state index in [1.807, 2.05) is 79.4 Å². The maximum Gasteiger partial charge on any atom is 0.326 e. The van der Waals surface area contributed by atoms with E-state index in [0.717, 1.165) is 33.0 Å². The number of nitrogens with zero attached hydrogens (tertiary/aromatic N) is 5. The highest BCUT2D eigenvalue weighted by Crippen LogP contribution is 2.38. The highest BCUT2D eigenvalue weighted by Gasteiger charge is 2.40. The summed E-state index contributed by atoms with van der Waals surface area (Å²) in [4.78, 5) is 36.5. The van der Waals surface area contributed by atoms with E-state index in [9.17, 15) is 14.7 Å². The van der Waals surface area contributed by atoms with Gasteiger partial charge in [0.1, 0.15) is 23.0 Å². The number of carboxylic acids is 1. The van der Waals surface area contributed by atoms with Gasteiger partial charge in [0.05, 0.1) is 11.7 Å². The number of fused-ring (bicyclic) bond motifs is 4. The number of amides is 1. The van der Waals surface area contributed by atoms with Crippen molar-refractivity contribution in [3.8, 4) is 11.1 Å². The van der Waals surface area contributed by atoms with E-state index in [-0.39, 0.29) is 18.2 Å². The van der Waals surface area contributed by atoms with Crippen LogP contribution in [0, 0.1) is 19.8 Å². The number of aliphatic carboxylic acids is 1. The number of benzene rings is 3. The Balaban J connectivity index is 1.11. The summed E-state index contributed by atoms with van der Waals surface area (Å²) in [7, 11) is 1.92. The molecule has 0 unspecified atom stereocenters. The zero-order valence-corrected chi connectivity index (χ0v) is 24.0. The maximum atomic E-state index is 13.2. The van der Waals surface area contributed by atoms with Crippen LogP contribution in [0.5, 0.6) is 0 Å². The highest BCUT2D eigenvalue weighted by molar-refractivity contribution is 6.06. The zero-order valence-electron chi connectivity index (χ0n) is 24.0. The fourth-order valence-corrected chi connectivity index (χ4v) is 6.35. The van der Waals surface area contributed by atoms with Gasteiger partial charge in [0.2, 0.25) is 5.91 Å². The number of rotatable bonds is 6. The third kappa shape index (κ3) is 4.64. The number of para-hydroxylation sites is 1. The van der Waals surface area contributed by atoms with Crippen molar-refractivity contribution in [1.29, 1.82) is 0 Å². The second-order valence-electron chi connectivity index (χ2n) is 11.3. The highest BCUT2D eigenvalue weighted by atomic mass is 16.4. The van der Waals surface area contributed by atoms with Crippen LogP contribution in [0.15, 0.2) is 71.3 Å². The number of hydrogen-bond donors (Lipinski definition) is 2. The van der Waals surface area contributed by atoms with Gasteiger partial charge in [0, 0.05) is 36.5 Å². The summed E-state index contributed by atoms with van der Waals surface area (Å²) in [5.74, 6) is -0.329. The summed E-state index contributed by atoms with van der Waals surface area (Å²) in [5.41, 5.74) is 6.72. The number of carbonyl (C=O) groups is 2. The van der Waals surface area contributed by atoms with E-state index >= 15 is 0 Å². The molecule has 1 aliphatic rings. The first kappa shape index (κ1) is 26.6. The largest absolute Gasteiger partial charge is 0.480 e. The molecule has 2 atom stereocenters. The Bertz CT molecular complexity index is 2060. The van der Waals surface area contributed by atoms with Gasteiger partial charge in [-0.15, -0.1) is 0 Å².